The van der Waals surface area contributed by atoms with Crippen molar-refractivity contribution >= 4 is 11.6 Å². The van der Waals surface area contributed by atoms with Crippen LogP contribution in [0.1, 0.15) is 18.5 Å². The molecule has 3 rings (SSSR count). The van der Waals surface area contributed by atoms with Crippen molar-refractivity contribution in [2.75, 3.05) is 18.6 Å². The average molecular weight is 312 g/mol. The Bertz CT molecular complexity index is 682. The highest BCUT2D eigenvalue weighted by molar-refractivity contribution is 6.05. The number of nitrogens with two attached hydrogens (primary N) is 1. The minimum absolute atomic E-state index is 0.0741. The number of β-lactam (4-membered cyclic amide) rings is 1. The highest BCUT2D eigenvalue weighted by Crippen LogP contribution is 2.39. The molecule has 1 amide bonds. The summed E-state index contributed by atoms with van der Waals surface area (Å²) in [5.41, 5.74) is 7.84. The molecule has 0 radical (unpaired) electrons. The van der Waals surface area contributed by atoms with Crippen LogP contribution in [0.4, 0.5) is 5.69 Å². The van der Waals surface area contributed by atoms with Gasteiger partial charge in [0.2, 0.25) is 5.91 Å². The van der Waals surface area contributed by atoms with Gasteiger partial charge in [-0.3, -0.25) is 4.79 Å². The van der Waals surface area contributed by atoms with Crippen molar-refractivity contribution in [3.63, 3.8) is 0 Å². The fourth-order valence-electron chi connectivity index (χ4n) is 2.83. The molecule has 1 aliphatic rings. The zero-order valence-corrected chi connectivity index (χ0v) is 13.2. The van der Waals surface area contributed by atoms with E-state index >= 15 is 0 Å². The van der Waals surface area contributed by atoms with E-state index in [9.17, 15) is 4.79 Å². The van der Waals surface area contributed by atoms with Gasteiger partial charge in [-0.05, 0) is 48.9 Å². The summed E-state index contributed by atoms with van der Waals surface area (Å²) < 4.78 is 10.6. The number of hydrogen-bond donors (Lipinski definition) is 1. The number of carbonyl (C=O) groups is 1. The lowest BCUT2D eigenvalue weighted by Crippen LogP contribution is -2.63. The molecule has 5 nitrogen and oxygen atoms in total. The minimum Gasteiger partial charge on any atom is -0.497 e. The first-order valence-corrected chi connectivity index (χ1v) is 7.61. The van der Waals surface area contributed by atoms with E-state index in [2.05, 4.69) is 0 Å². The maximum absolute atomic E-state index is 12.2. The molecule has 23 heavy (non-hydrogen) atoms. The zero-order chi connectivity index (χ0) is 16.4. The number of hydrogen-bond acceptors (Lipinski definition) is 4. The van der Waals surface area contributed by atoms with Crippen LogP contribution in [0.3, 0.4) is 0 Å². The van der Waals surface area contributed by atoms with E-state index in [0.717, 1.165) is 22.7 Å². The van der Waals surface area contributed by atoms with E-state index in [0.29, 0.717) is 6.61 Å². The molecule has 2 atom stereocenters. The smallest absolute Gasteiger partial charge is 0.247 e. The van der Waals surface area contributed by atoms with Crippen molar-refractivity contribution in [2.45, 2.75) is 19.0 Å². The van der Waals surface area contributed by atoms with E-state index in [1.165, 1.54) is 0 Å². The summed E-state index contributed by atoms with van der Waals surface area (Å²) in [6.45, 7) is 2.55. The van der Waals surface area contributed by atoms with Crippen LogP contribution in [0.5, 0.6) is 11.5 Å². The Balaban J connectivity index is 1.85. The van der Waals surface area contributed by atoms with E-state index in [4.69, 9.17) is 15.2 Å². The fourth-order valence-corrected chi connectivity index (χ4v) is 2.83. The second kappa shape index (κ2) is 6.30. The molecule has 0 saturated carbocycles. The van der Waals surface area contributed by atoms with Gasteiger partial charge in [-0.15, -0.1) is 0 Å². The molecule has 120 valence electrons. The van der Waals surface area contributed by atoms with Gasteiger partial charge in [0.1, 0.15) is 17.5 Å². The van der Waals surface area contributed by atoms with E-state index in [1.807, 2.05) is 55.5 Å². The zero-order valence-electron chi connectivity index (χ0n) is 13.2. The van der Waals surface area contributed by atoms with Crippen molar-refractivity contribution in [3.8, 4) is 11.5 Å². The Morgan fingerprint density at radius 1 is 1.04 bits per heavy atom. The van der Waals surface area contributed by atoms with Gasteiger partial charge < -0.3 is 20.1 Å². The van der Waals surface area contributed by atoms with Crippen LogP contribution in [0, 0.1) is 0 Å². The first-order chi connectivity index (χ1) is 11.2. The molecular weight excluding hydrogens is 292 g/mol. The predicted molar refractivity (Wildman–Crippen MR) is 88.8 cm³/mol. The molecule has 1 saturated heterocycles. The largest absolute Gasteiger partial charge is 0.497 e. The molecule has 1 heterocycles. The quantitative estimate of drug-likeness (QED) is 0.862. The van der Waals surface area contributed by atoms with Crippen LogP contribution in [0.15, 0.2) is 48.5 Å². The molecule has 0 spiro atoms. The molecular formula is C18H20N2O3. The second-order valence-corrected chi connectivity index (χ2v) is 5.38. The van der Waals surface area contributed by atoms with Crippen molar-refractivity contribution < 1.29 is 14.3 Å². The highest BCUT2D eigenvalue weighted by atomic mass is 16.5. The summed E-state index contributed by atoms with van der Waals surface area (Å²) in [5, 5.41) is 0. The summed E-state index contributed by atoms with van der Waals surface area (Å²) >= 11 is 0. The lowest BCUT2D eigenvalue weighted by molar-refractivity contribution is -0.126. The third kappa shape index (κ3) is 2.75. The number of benzene rings is 2. The SMILES string of the molecule is CCOc1ccc(N2C(=O)[C@H](N)[C@@H]2c2ccc(OC)cc2)cc1. The van der Waals surface area contributed by atoms with Gasteiger partial charge >= 0.3 is 0 Å². The molecule has 0 aromatic heterocycles. The molecule has 0 unspecified atom stereocenters. The van der Waals surface area contributed by atoms with Crippen LogP contribution in [0.25, 0.3) is 0 Å². The summed E-state index contributed by atoms with van der Waals surface area (Å²) in [6, 6.07) is 14.4. The molecule has 2 aromatic carbocycles. The summed E-state index contributed by atoms with van der Waals surface area (Å²) in [6.07, 6.45) is 0. The second-order valence-electron chi connectivity index (χ2n) is 5.38. The highest BCUT2D eigenvalue weighted by Gasteiger charge is 2.46. The van der Waals surface area contributed by atoms with Crippen molar-refractivity contribution in [3.05, 3.63) is 54.1 Å². The van der Waals surface area contributed by atoms with Crippen LogP contribution in [-0.2, 0) is 4.79 Å². The summed E-state index contributed by atoms with van der Waals surface area (Å²) in [7, 11) is 1.62. The summed E-state index contributed by atoms with van der Waals surface area (Å²) in [5.74, 6) is 1.49. The third-order valence-corrected chi connectivity index (χ3v) is 4.02. The minimum atomic E-state index is -0.519. The van der Waals surface area contributed by atoms with Crippen LogP contribution >= 0.6 is 0 Å². The third-order valence-electron chi connectivity index (χ3n) is 4.02. The molecule has 2 aromatic rings. The van der Waals surface area contributed by atoms with Gasteiger partial charge in [-0.1, -0.05) is 12.1 Å². The number of ether oxygens (including phenoxy) is 2. The predicted octanol–water partition coefficient (Wildman–Crippen LogP) is 2.51. The van der Waals surface area contributed by atoms with Gasteiger partial charge in [0.05, 0.1) is 19.8 Å². The van der Waals surface area contributed by atoms with Gasteiger partial charge in [0.15, 0.2) is 0 Å². The average Bonchev–Trinajstić information content (AvgIpc) is 2.60. The van der Waals surface area contributed by atoms with Crippen LogP contribution in [0.2, 0.25) is 0 Å². The molecule has 1 aliphatic heterocycles. The standard InChI is InChI=1S/C18H20N2O3/c1-3-23-15-10-6-13(7-11-15)20-17(16(19)18(20)21)12-4-8-14(22-2)9-5-12/h4-11,16-17H,3,19H2,1-2H3/t16-,17+/m1/s1. The number of nitrogens with zero attached hydrogens (tertiary/aromatic N) is 1. The Morgan fingerprint density at radius 2 is 1.65 bits per heavy atom. The lowest BCUT2D eigenvalue weighted by Gasteiger charge is -2.45. The van der Waals surface area contributed by atoms with E-state index < -0.39 is 6.04 Å². The molecule has 1 fully saturated rings. The van der Waals surface area contributed by atoms with Crippen molar-refractivity contribution in [2.24, 2.45) is 5.73 Å². The van der Waals surface area contributed by atoms with Gasteiger partial charge in [-0.25, -0.2) is 0 Å². The van der Waals surface area contributed by atoms with Gasteiger partial charge in [0, 0.05) is 5.69 Å². The molecule has 0 aliphatic carbocycles. The Hall–Kier alpha value is -2.53. The van der Waals surface area contributed by atoms with Crippen molar-refractivity contribution in [1.82, 2.24) is 0 Å². The number of rotatable bonds is 5. The molecule has 2 N–H and O–H groups in total. The Labute approximate surface area is 135 Å². The number of carbonyl (C=O) groups excluding carboxylic acids is 1. The van der Waals surface area contributed by atoms with Crippen LogP contribution in [-0.4, -0.2) is 25.7 Å². The maximum Gasteiger partial charge on any atom is 0.247 e. The topological polar surface area (TPSA) is 64.8 Å². The summed E-state index contributed by atoms with van der Waals surface area (Å²) in [4.78, 5) is 13.9. The number of methoxy groups -OCH3 is 1. The van der Waals surface area contributed by atoms with Crippen LogP contribution < -0.4 is 20.1 Å². The fraction of sp³-hybridized carbons (Fsp3) is 0.278. The van der Waals surface area contributed by atoms with E-state index in [1.54, 1.807) is 12.0 Å². The Kier molecular flexibility index (Phi) is 4.21. The van der Waals surface area contributed by atoms with Gasteiger partial charge in [0.25, 0.3) is 0 Å². The number of anilines is 1. The van der Waals surface area contributed by atoms with Crippen molar-refractivity contribution in [1.29, 1.82) is 0 Å². The Morgan fingerprint density at radius 3 is 2.22 bits per heavy atom. The molecule has 5 heteroatoms. The number of amides is 1. The lowest BCUT2D eigenvalue weighted by atomic mass is 9.88. The maximum atomic E-state index is 12.2. The first-order valence-electron chi connectivity index (χ1n) is 7.61. The van der Waals surface area contributed by atoms with Gasteiger partial charge in [-0.2, -0.15) is 0 Å². The first kappa shape index (κ1) is 15.4. The van der Waals surface area contributed by atoms with E-state index in [-0.39, 0.29) is 11.9 Å². The monoisotopic (exact) mass is 312 g/mol. The normalized spacial score (nSPS) is 20.1. The molecule has 0 bridgehead atoms.